The van der Waals surface area contributed by atoms with Crippen molar-refractivity contribution in [2.45, 2.75) is 45.4 Å². The van der Waals surface area contributed by atoms with Crippen molar-refractivity contribution in [1.82, 2.24) is 0 Å². The van der Waals surface area contributed by atoms with Crippen molar-refractivity contribution in [2.75, 3.05) is 6.61 Å². The largest absolute Gasteiger partial charge is 0.491 e. The van der Waals surface area contributed by atoms with Crippen LogP contribution in [0.1, 0.15) is 61.4 Å². The molecule has 0 N–H and O–H groups in total. The highest BCUT2D eigenvalue weighted by Gasteiger charge is 2.19. The number of ether oxygens (including phenoxy) is 2. The number of rotatable bonds is 12. The minimum Gasteiger partial charge on any atom is -0.491 e. The van der Waals surface area contributed by atoms with Crippen molar-refractivity contribution < 1.29 is 18.7 Å². The first-order valence-corrected chi connectivity index (χ1v) is 12.7. The molecule has 0 spiro atoms. The van der Waals surface area contributed by atoms with Gasteiger partial charge < -0.3 is 9.47 Å². The predicted molar refractivity (Wildman–Crippen MR) is 142 cm³/mol. The van der Waals surface area contributed by atoms with Crippen LogP contribution in [0.25, 0.3) is 11.1 Å². The first-order valence-electron chi connectivity index (χ1n) is 12.7. The fourth-order valence-corrected chi connectivity index (χ4v) is 4.11. The number of halogens is 1. The Labute approximate surface area is 214 Å². The topological polar surface area (TPSA) is 35.5 Å². The minimum absolute atomic E-state index is 0.280. The lowest BCUT2D eigenvalue weighted by Gasteiger charge is -2.10. The highest BCUT2D eigenvalue weighted by Crippen LogP contribution is 2.30. The summed E-state index contributed by atoms with van der Waals surface area (Å²) >= 11 is 0. The lowest BCUT2D eigenvalue weighted by molar-refractivity contribution is 0.0734. The van der Waals surface area contributed by atoms with E-state index in [1.165, 1.54) is 31.7 Å². The molecule has 0 amide bonds. The lowest BCUT2D eigenvalue weighted by atomic mass is 9.97. The summed E-state index contributed by atoms with van der Waals surface area (Å²) in [6.07, 6.45) is 15.0. The van der Waals surface area contributed by atoms with Crippen LogP contribution < -0.4 is 9.47 Å². The van der Waals surface area contributed by atoms with Gasteiger partial charge >= 0.3 is 5.97 Å². The molecule has 0 aromatic heterocycles. The minimum atomic E-state index is -0.422. The van der Waals surface area contributed by atoms with Crippen molar-refractivity contribution in [3.63, 3.8) is 0 Å². The zero-order valence-electron chi connectivity index (χ0n) is 20.7. The molecule has 36 heavy (non-hydrogen) atoms. The average Bonchev–Trinajstić information content (AvgIpc) is 3.45. The van der Waals surface area contributed by atoms with E-state index in [1.807, 2.05) is 56.0 Å². The Kier molecular flexibility index (Phi) is 9.54. The summed E-state index contributed by atoms with van der Waals surface area (Å²) in [6.45, 7) is 2.73. The van der Waals surface area contributed by atoms with E-state index >= 15 is 0 Å². The van der Waals surface area contributed by atoms with Crippen LogP contribution in [0.3, 0.4) is 0 Å². The number of unbranched alkanes of at least 4 members (excludes halogenated alkanes) is 5. The van der Waals surface area contributed by atoms with Crippen LogP contribution in [-0.4, -0.2) is 12.6 Å². The normalized spacial score (nSPS) is 13.6. The van der Waals surface area contributed by atoms with Gasteiger partial charge in [-0.3, -0.25) is 0 Å². The molecule has 1 aliphatic rings. The quantitative estimate of drug-likeness (QED) is 0.148. The van der Waals surface area contributed by atoms with Crippen LogP contribution in [0, 0.1) is 37.4 Å². The highest BCUT2D eigenvalue weighted by molar-refractivity contribution is 5.91. The van der Waals surface area contributed by atoms with E-state index in [-0.39, 0.29) is 11.6 Å². The van der Waals surface area contributed by atoms with E-state index in [2.05, 4.69) is 6.92 Å². The Morgan fingerprint density at radius 3 is 2.08 bits per heavy atom. The Balaban J connectivity index is 1.28. The van der Waals surface area contributed by atoms with E-state index in [4.69, 9.17) is 9.47 Å². The van der Waals surface area contributed by atoms with Gasteiger partial charge in [0.25, 0.3) is 0 Å². The summed E-state index contributed by atoms with van der Waals surface area (Å²) in [5, 5.41) is 0. The van der Waals surface area contributed by atoms with Crippen LogP contribution in [0.5, 0.6) is 11.5 Å². The molecular formula is C32H32FO3. The second kappa shape index (κ2) is 13.2. The average molecular weight is 484 g/mol. The number of hydrogen-bond donors (Lipinski definition) is 0. The van der Waals surface area contributed by atoms with Gasteiger partial charge in [-0.2, -0.15) is 0 Å². The molecule has 0 bridgehead atoms. The van der Waals surface area contributed by atoms with Crippen LogP contribution in [0.2, 0.25) is 0 Å². The predicted octanol–water partition coefficient (Wildman–Crippen LogP) is 8.20. The van der Waals surface area contributed by atoms with Gasteiger partial charge in [0, 0.05) is 5.92 Å². The molecule has 0 atom stereocenters. The summed E-state index contributed by atoms with van der Waals surface area (Å²) in [7, 11) is 0. The van der Waals surface area contributed by atoms with Crippen LogP contribution in [-0.2, 0) is 0 Å². The van der Waals surface area contributed by atoms with Gasteiger partial charge in [-0.15, -0.1) is 0 Å². The molecule has 0 unspecified atom stereocenters. The van der Waals surface area contributed by atoms with Crippen molar-refractivity contribution in [2.24, 2.45) is 0 Å². The van der Waals surface area contributed by atoms with E-state index < -0.39 is 5.97 Å². The fraction of sp³-hybridized carbons (Fsp3) is 0.250. The molecule has 1 saturated carbocycles. The third kappa shape index (κ3) is 7.19. The number of carbonyl (C=O) groups is 1. The van der Waals surface area contributed by atoms with Crippen molar-refractivity contribution in [3.05, 3.63) is 115 Å². The van der Waals surface area contributed by atoms with Crippen molar-refractivity contribution in [1.29, 1.82) is 0 Å². The van der Waals surface area contributed by atoms with Gasteiger partial charge in [0.15, 0.2) is 11.6 Å². The van der Waals surface area contributed by atoms with E-state index in [0.717, 1.165) is 35.4 Å². The number of carbonyl (C=O) groups excluding carboxylic acids is 1. The van der Waals surface area contributed by atoms with E-state index in [9.17, 15) is 9.18 Å². The fourth-order valence-electron chi connectivity index (χ4n) is 4.11. The van der Waals surface area contributed by atoms with E-state index in [1.54, 1.807) is 30.3 Å². The molecule has 0 aliphatic heterocycles. The molecule has 0 heterocycles. The monoisotopic (exact) mass is 483 g/mol. The summed E-state index contributed by atoms with van der Waals surface area (Å²) in [5.41, 5.74) is 3.09. The zero-order chi connectivity index (χ0) is 25.2. The van der Waals surface area contributed by atoms with Gasteiger partial charge in [0.05, 0.1) is 12.2 Å². The van der Waals surface area contributed by atoms with Gasteiger partial charge in [0.2, 0.25) is 0 Å². The summed E-state index contributed by atoms with van der Waals surface area (Å²) in [6, 6.07) is 19.4. The summed E-state index contributed by atoms with van der Waals surface area (Å²) in [5.74, 6) is 1.03. The lowest BCUT2D eigenvalue weighted by Crippen LogP contribution is -2.08. The third-order valence-electron chi connectivity index (χ3n) is 6.20. The number of benzene rings is 3. The van der Waals surface area contributed by atoms with E-state index in [0.29, 0.717) is 17.9 Å². The second-order valence-electron chi connectivity index (χ2n) is 8.93. The zero-order valence-corrected chi connectivity index (χ0v) is 20.7. The molecule has 1 aliphatic carbocycles. The Morgan fingerprint density at radius 1 is 0.750 bits per heavy atom. The number of hydrogen-bond acceptors (Lipinski definition) is 3. The first kappa shape index (κ1) is 25.9. The molecule has 4 rings (SSSR count). The maximum Gasteiger partial charge on any atom is 0.343 e. The van der Waals surface area contributed by atoms with Gasteiger partial charge in [0.1, 0.15) is 5.75 Å². The molecule has 3 aromatic rings. The Bertz CT molecular complexity index is 1100. The molecule has 185 valence electrons. The smallest absolute Gasteiger partial charge is 0.343 e. The summed E-state index contributed by atoms with van der Waals surface area (Å²) in [4.78, 5) is 12.5. The van der Waals surface area contributed by atoms with Gasteiger partial charge in [-0.1, -0.05) is 69.4 Å². The molecule has 3 nitrogen and oxygen atoms in total. The van der Waals surface area contributed by atoms with Crippen molar-refractivity contribution in [3.8, 4) is 22.6 Å². The second-order valence-corrected chi connectivity index (χ2v) is 8.93. The molecule has 5 radical (unpaired) electrons. The number of esters is 1. The Morgan fingerprint density at radius 2 is 1.39 bits per heavy atom. The van der Waals surface area contributed by atoms with Crippen LogP contribution >= 0.6 is 0 Å². The van der Waals surface area contributed by atoms with Crippen LogP contribution in [0.15, 0.2) is 66.7 Å². The van der Waals surface area contributed by atoms with Gasteiger partial charge in [-0.25, -0.2) is 9.18 Å². The molecule has 0 saturated heterocycles. The van der Waals surface area contributed by atoms with Gasteiger partial charge in [-0.05, 0) is 85.2 Å². The molecule has 1 fully saturated rings. The molecule has 3 aromatic carbocycles. The van der Waals surface area contributed by atoms with Crippen LogP contribution in [0.4, 0.5) is 4.39 Å². The first-order chi connectivity index (χ1) is 17.6. The summed E-state index contributed by atoms with van der Waals surface area (Å²) < 4.78 is 25.7. The Hall–Kier alpha value is -3.14. The molecular weight excluding hydrogens is 451 g/mol. The SMILES string of the molecule is CCCCCCCCOc1ccc(-c2ccc(OC(=O)c3ccc([C]4[CH][CH][CH][CH]4)cc3)cc2)cc1F. The highest BCUT2D eigenvalue weighted by atomic mass is 19.1. The third-order valence-corrected chi connectivity index (χ3v) is 6.20. The maximum atomic E-state index is 14.6. The van der Waals surface area contributed by atoms with Crippen molar-refractivity contribution >= 4 is 5.97 Å². The maximum absolute atomic E-state index is 14.6. The standard InChI is InChI=1S/C32H32FO3/c1-2-3-4-5-6-9-22-35-31-21-18-28(23-30(31)33)26-16-19-29(20-17-26)36-32(34)27-14-12-25(13-15-27)24-10-7-8-11-24/h7-8,10-21,23H,2-6,9,22H2,1H3. The molecule has 4 heteroatoms.